The molecular weight excluding hydrogens is 222 g/mol. The predicted molar refractivity (Wildman–Crippen MR) is 61.9 cm³/mol. The van der Waals surface area contributed by atoms with Crippen molar-refractivity contribution in [3.8, 4) is 0 Å². The van der Waals surface area contributed by atoms with Crippen LogP contribution in [0.2, 0.25) is 0 Å². The molecule has 2 heterocycles. The molecule has 5 nitrogen and oxygen atoms in total. The minimum atomic E-state index is -0.732. The molecule has 3 atom stereocenters. The monoisotopic (exact) mass is 243 g/mol. The van der Waals surface area contributed by atoms with Gasteiger partial charge in [-0.3, -0.25) is 4.79 Å². The Labute approximate surface area is 101 Å². The first-order valence-electron chi connectivity index (χ1n) is 6.42. The third-order valence-corrected chi connectivity index (χ3v) is 3.48. The number of carbonyl (C=O) groups is 1. The molecule has 2 aliphatic heterocycles. The first-order valence-corrected chi connectivity index (χ1v) is 6.42. The lowest BCUT2D eigenvalue weighted by atomic mass is 9.98. The van der Waals surface area contributed by atoms with Gasteiger partial charge in [0.1, 0.15) is 0 Å². The molecule has 0 aromatic carbocycles. The van der Waals surface area contributed by atoms with Crippen molar-refractivity contribution in [3.63, 3.8) is 0 Å². The van der Waals surface area contributed by atoms with Gasteiger partial charge in [0.15, 0.2) is 0 Å². The Morgan fingerprint density at radius 2 is 2.35 bits per heavy atom. The lowest BCUT2D eigenvalue weighted by molar-refractivity contribution is -0.144. The molecule has 0 spiro atoms. The highest BCUT2D eigenvalue weighted by molar-refractivity contribution is 5.70. The molecule has 2 saturated heterocycles. The van der Waals surface area contributed by atoms with E-state index in [0.717, 1.165) is 32.4 Å². The first kappa shape index (κ1) is 12.8. The van der Waals surface area contributed by atoms with Crippen molar-refractivity contribution < 1.29 is 19.4 Å². The summed E-state index contributed by atoms with van der Waals surface area (Å²) in [6, 6.07) is 0. The molecule has 17 heavy (non-hydrogen) atoms. The number of carboxylic acids is 1. The van der Waals surface area contributed by atoms with Crippen LogP contribution in [0.3, 0.4) is 0 Å². The van der Waals surface area contributed by atoms with E-state index in [1.807, 2.05) is 0 Å². The lowest BCUT2D eigenvalue weighted by Gasteiger charge is -2.28. The highest BCUT2D eigenvalue weighted by Crippen LogP contribution is 2.17. The molecule has 2 fully saturated rings. The van der Waals surface area contributed by atoms with Gasteiger partial charge in [-0.15, -0.1) is 0 Å². The SMILES string of the molecule is O=C(O)C1CNCC(OCCC2CCCO2)C1. The fourth-order valence-electron chi connectivity index (χ4n) is 2.46. The van der Waals surface area contributed by atoms with Crippen molar-refractivity contribution in [2.75, 3.05) is 26.3 Å². The topological polar surface area (TPSA) is 67.8 Å². The largest absolute Gasteiger partial charge is 0.481 e. The molecule has 2 rings (SSSR count). The first-order chi connectivity index (χ1) is 8.25. The molecule has 0 saturated carbocycles. The molecule has 0 aromatic rings. The van der Waals surface area contributed by atoms with Crippen LogP contribution in [0.25, 0.3) is 0 Å². The number of nitrogens with one attached hydrogen (secondary N) is 1. The summed E-state index contributed by atoms with van der Waals surface area (Å²) in [5.41, 5.74) is 0. The number of aliphatic carboxylic acids is 1. The van der Waals surface area contributed by atoms with Crippen molar-refractivity contribution in [1.82, 2.24) is 5.32 Å². The molecule has 2 aliphatic rings. The summed E-state index contributed by atoms with van der Waals surface area (Å²) in [5, 5.41) is 12.0. The molecule has 0 amide bonds. The van der Waals surface area contributed by atoms with Gasteiger partial charge in [0, 0.05) is 26.3 Å². The van der Waals surface area contributed by atoms with Gasteiger partial charge in [-0.05, 0) is 25.7 Å². The average Bonchev–Trinajstić information content (AvgIpc) is 2.82. The number of hydrogen-bond acceptors (Lipinski definition) is 4. The molecule has 0 bridgehead atoms. The Hall–Kier alpha value is -0.650. The highest BCUT2D eigenvalue weighted by atomic mass is 16.5. The van der Waals surface area contributed by atoms with Crippen LogP contribution in [0.1, 0.15) is 25.7 Å². The number of piperidine rings is 1. The third kappa shape index (κ3) is 3.94. The molecule has 2 N–H and O–H groups in total. The van der Waals surface area contributed by atoms with Crippen LogP contribution in [0, 0.1) is 5.92 Å². The second kappa shape index (κ2) is 6.33. The summed E-state index contributed by atoms with van der Waals surface area (Å²) in [4.78, 5) is 10.9. The van der Waals surface area contributed by atoms with Gasteiger partial charge in [0.05, 0.1) is 18.1 Å². The van der Waals surface area contributed by atoms with E-state index in [2.05, 4.69) is 5.32 Å². The highest BCUT2D eigenvalue weighted by Gasteiger charge is 2.27. The van der Waals surface area contributed by atoms with Crippen LogP contribution in [-0.4, -0.2) is 49.6 Å². The van der Waals surface area contributed by atoms with Gasteiger partial charge in [-0.2, -0.15) is 0 Å². The summed E-state index contributed by atoms with van der Waals surface area (Å²) in [5.74, 6) is -1.04. The standard InChI is InChI=1S/C12H21NO4/c14-12(15)9-6-11(8-13-7-9)17-5-3-10-2-1-4-16-10/h9-11,13H,1-8H2,(H,14,15). The zero-order valence-electron chi connectivity index (χ0n) is 10.1. The van der Waals surface area contributed by atoms with E-state index >= 15 is 0 Å². The molecule has 3 unspecified atom stereocenters. The molecular formula is C12H21NO4. The maximum Gasteiger partial charge on any atom is 0.307 e. The quantitative estimate of drug-likeness (QED) is 0.741. The molecule has 0 radical (unpaired) electrons. The van der Waals surface area contributed by atoms with E-state index in [4.69, 9.17) is 14.6 Å². The smallest absolute Gasteiger partial charge is 0.307 e. The number of carboxylic acid groups (broad SMARTS) is 1. The molecule has 5 heteroatoms. The molecule has 98 valence electrons. The van der Waals surface area contributed by atoms with E-state index in [-0.39, 0.29) is 12.0 Å². The van der Waals surface area contributed by atoms with E-state index in [9.17, 15) is 4.79 Å². The molecule has 0 aromatic heterocycles. The van der Waals surface area contributed by atoms with Gasteiger partial charge in [-0.1, -0.05) is 0 Å². The normalized spacial score (nSPS) is 33.8. The summed E-state index contributed by atoms with van der Waals surface area (Å²) < 4.78 is 11.2. The zero-order valence-corrected chi connectivity index (χ0v) is 10.1. The number of rotatable bonds is 5. The van der Waals surface area contributed by atoms with Crippen molar-refractivity contribution in [1.29, 1.82) is 0 Å². The minimum absolute atomic E-state index is 0.0336. The summed E-state index contributed by atoms with van der Waals surface area (Å²) in [7, 11) is 0. The van der Waals surface area contributed by atoms with Crippen LogP contribution in [0.5, 0.6) is 0 Å². The van der Waals surface area contributed by atoms with Crippen LogP contribution >= 0.6 is 0 Å². The average molecular weight is 243 g/mol. The van der Waals surface area contributed by atoms with Gasteiger partial charge in [0.2, 0.25) is 0 Å². The van der Waals surface area contributed by atoms with Gasteiger partial charge in [-0.25, -0.2) is 0 Å². The van der Waals surface area contributed by atoms with Crippen molar-refractivity contribution in [2.45, 2.75) is 37.9 Å². The van der Waals surface area contributed by atoms with E-state index in [0.29, 0.717) is 25.7 Å². The summed E-state index contributed by atoms with van der Waals surface area (Å²) in [6.45, 7) is 2.86. The Bertz CT molecular complexity index is 253. The second-order valence-electron chi connectivity index (χ2n) is 4.85. The number of hydrogen-bond donors (Lipinski definition) is 2. The Morgan fingerprint density at radius 3 is 3.06 bits per heavy atom. The fourth-order valence-corrected chi connectivity index (χ4v) is 2.46. The van der Waals surface area contributed by atoms with Crippen LogP contribution in [0.4, 0.5) is 0 Å². The fraction of sp³-hybridized carbons (Fsp3) is 0.917. The van der Waals surface area contributed by atoms with Gasteiger partial charge < -0.3 is 19.9 Å². The predicted octanol–water partition coefficient (Wildman–Crippen LogP) is 0.635. The summed E-state index contributed by atoms with van der Waals surface area (Å²) in [6.07, 6.45) is 4.20. The van der Waals surface area contributed by atoms with E-state index in [1.165, 1.54) is 0 Å². The van der Waals surface area contributed by atoms with Crippen molar-refractivity contribution in [2.24, 2.45) is 5.92 Å². The van der Waals surface area contributed by atoms with E-state index < -0.39 is 5.97 Å². The Morgan fingerprint density at radius 1 is 1.47 bits per heavy atom. The van der Waals surface area contributed by atoms with Crippen molar-refractivity contribution >= 4 is 5.97 Å². The maximum absolute atomic E-state index is 10.9. The zero-order chi connectivity index (χ0) is 12.1. The summed E-state index contributed by atoms with van der Waals surface area (Å²) >= 11 is 0. The molecule has 0 aliphatic carbocycles. The van der Waals surface area contributed by atoms with Crippen molar-refractivity contribution in [3.05, 3.63) is 0 Å². The minimum Gasteiger partial charge on any atom is -0.481 e. The third-order valence-electron chi connectivity index (χ3n) is 3.48. The maximum atomic E-state index is 10.9. The van der Waals surface area contributed by atoms with E-state index in [1.54, 1.807) is 0 Å². The van der Waals surface area contributed by atoms with Crippen LogP contribution in [-0.2, 0) is 14.3 Å². The Kier molecular flexibility index (Phi) is 4.76. The van der Waals surface area contributed by atoms with Crippen LogP contribution in [0.15, 0.2) is 0 Å². The Balaban J connectivity index is 1.62. The lowest BCUT2D eigenvalue weighted by Crippen LogP contribution is -2.43. The second-order valence-corrected chi connectivity index (χ2v) is 4.85. The van der Waals surface area contributed by atoms with Gasteiger partial charge in [0.25, 0.3) is 0 Å². The van der Waals surface area contributed by atoms with Gasteiger partial charge >= 0.3 is 5.97 Å². The van der Waals surface area contributed by atoms with Crippen LogP contribution < -0.4 is 5.32 Å². The number of ether oxygens (including phenoxy) is 2.